The molecule has 3 aromatic rings. The summed E-state index contributed by atoms with van der Waals surface area (Å²) < 4.78 is 13.9. The molecule has 192 valence electrons. The van der Waals surface area contributed by atoms with Gasteiger partial charge in [-0.15, -0.1) is 0 Å². The third-order valence-electron chi connectivity index (χ3n) is 6.95. The highest BCUT2D eigenvalue weighted by Crippen LogP contribution is 2.34. The molecule has 0 bridgehead atoms. The van der Waals surface area contributed by atoms with Gasteiger partial charge in [-0.05, 0) is 49.4 Å². The first-order chi connectivity index (χ1) is 17.7. The molecule has 5 rings (SSSR count). The number of hydrogen-bond donors (Lipinski definition) is 1. The molecular weight excluding hydrogens is 452 g/mol. The average Bonchev–Trinajstić information content (AvgIpc) is 3.66. The van der Waals surface area contributed by atoms with Gasteiger partial charge in [0.2, 0.25) is 5.88 Å². The number of hydrogen-bond acceptors (Lipinski definition) is 6. The molecule has 0 amide bonds. The van der Waals surface area contributed by atoms with Crippen molar-refractivity contribution in [2.75, 3.05) is 45.9 Å². The zero-order valence-corrected chi connectivity index (χ0v) is 21.3. The molecule has 2 fully saturated rings. The third-order valence-corrected chi connectivity index (χ3v) is 6.95. The van der Waals surface area contributed by atoms with Crippen molar-refractivity contribution in [3.8, 4) is 17.3 Å². The third kappa shape index (κ3) is 6.53. The number of morpholine rings is 1. The number of aryl methyl sites for hydroxylation is 1. The van der Waals surface area contributed by atoms with Crippen LogP contribution in [0.3, 0.4) is 0 Å². The van der Waals surface area contributed by atoms with Gasteiger partial charge >= 0.3 is 0 Å². The summed E-state index contributed by atoms with van der Waals surface area (Å²) in [5, 5.41) is 16.0. The molecule has 0 radical (unpaired) electrons. The van der Waals surface area contributed by atoms with Gasteiger partial charge in [0.1, 0.15) is 5.75 Å². The molecule has 1 aliphatic carbocycles. The summed E-state index contributed by atoms with van der Waals surface area (Å²) in [4.78, 5) is 4.71. The predicted octanol–water partition coefficient (Wildman–Crippen LogP) is 4.13. The highest BCUT2D eigenvalue weighted by Gasteiger charge is 2.29. The van der Waals surface area contributed by atoms with E-state index in [1.165, 1.54) is 12.8 Å². The van der Waals surface area contributed by atoms with E-state index in [1.807, 2.05) is 53.2 Å². The molecule has 1 saturated carbocycles. The van der Waals surface area contributed by atoms with Crippen molar-refractivity contribution in [2.45, 2.75) is 38.8 Å². The first kappa shape index (κ1) is 25.0. The van der Waals surface area contributed by atoms with E-state index in [2.05, 4.69) is 28.9 Å². The fraction of sp³-hybridized carbons (Fsp3) is 0.483. The molecule has 7 nitrogen and oxygen atoms in total. The number of rotatable bonds is 12. The van der Waals surface area contributed by atoms with Crippen LogP contribution in [0, 0.1) is 5.92 Å². The Morgan fingerprint density at radius 1 is 1.06 bits per heavy atom. The summed E-state index contributed by atoms with van der Waals surface area (Å²) in [6, 6.07) is 20.1. The van der Waals surface area contributed by atoms with E-state index in [0.717, 1.165) is 67.8 Å². The monoisotopic (exact) mass is 490 g/mol. The highest BCUT2D eigenvalue weighted by atomic mass is 16.5. The van der Waals surface area contributed by atoms with Crippen LogP contribution in [0.1, 0.15) is 31.0 Å². The van der Waals surface area contributed by atoms with Gasteiger partial charge in [0.05, 0.1) is 36.3 Å². The molecule has 36 heavy (non-hydrogen) atoms. The molecule has 2 aromatic carbocycles. The largest absolute Gasteiger partial charge is 0.439 e. The molecule has 2 aliphatic rings. The Morgan fingerprint density at radius 3 is 2.42 bits per heavy atom. The second-order valence-electron chi connectivity index (χ2n) is 9.95. The van der Waals surface area contributed by atoms with Crippen LogP contribution in [-0.2, 0) is 17.7 Å². The number of aliphatic hydroxyl groups excluding tert-OH is 1. The minimum atomic E-state index is -0.408. The van der Waals surface area contributed by atoms with E-state index in [4.69, 9.17) is 14.6 Å². The Balaban J connectivity index is 1.42. The summed E-state index contributed by atoms with van der Waals surface area (Å²) in [5.41, 5.74) is 3.11. The Hall–Kier alpha value is -2.71. The fourth-order valence-corrected chi connectivity index (χ4v) is 4.90. The van der Waals surface area contributed by atoms with Crippen LogP contribution in [0.15, 0.2) is 60.7 Å². The molecular formula is C29H38N4O3. The van der Waals surface area contributed by atoms with Crippen molar-refractivity contribution in [1.82, 2.24) is 19.6 Å². The summed E-state index contributed by atoms with van der Waals surface area (Å²) in [6.07, 6.45) is 2.95. The normalized spacial score (nSPS) is 17.4. The summed E-state index contributed by atoms with van der Waals surface area (Å²) in [6.45, 7) is 8.43. The lowest BCUT2D eigenvalue weighted by Gasteiger charge is -2.31. The molecule has 1 N–H and O–H groups in total. The number of β-amino-alcohol motifs (C(OH)–C–C–N with tert-alkyl or cyclic N) is 1. The molecule has 1 unspecified atom stereocenters. The van der Waals surface area contributed by atoms with Crippen LogP contribution in [0.25, 0.3) is 5.69 Å². The molecule has 1 aliphatic heterocycles. The molecule has 1 aromatic heterocycles. The van der Waals surface area contributed by atoms with Crippen LogP contribution in [-0.4, -0.2) is 76.7 Å². The first-order valence-corrected chi connectivity index (χ1v) is 13.3. The van der Waals surface area contributed by atoms with Crippen LogP contribution in [0.5, 0.6) is 11.6 Å². The van der Waals surface area contributed by atoms with Crippen molar-refractivity contribution < 1.29 is 14.6 Å². The lowest BCUT2D eigenvalue weighted by atomic mass is 10.1. The number of ether oxygens (including phenoxy) is 2. The molecule has 2 heterocycles. The first-order valence-electron chi connectivity index (χ1n) is 13.3. The van der Waals surface area contributed by atoms with Crippen molar-refractivity contribution >= 4 is 0 Å². The number of nitrogens with zero attached hydrogens (tertiary/aromatic N) is 4. The van der Waals surface area contributed by atoms with Crippen LogP contribution < -0.4 is 4.74 Å². The maximum absolute atomic E-state index is 11.0. The van der Waals surface area contributed by atoms with Crippen molar-refractivity contribution in [3.05, 3.63) is 71.9 Å². The molecule has 7 heteroatoms. The van der Waals surface area contributed by atoms with E-state index in [9.17, 15) is 5.11 Å². The second kappa shape index (κ2) is 12.0. The maximum Gasteiger partial charge on any atom is 0.227 e. The standard InChI is InChI=1S/C29H38N4O3/c1-2-28-27(22-32(19-23-13-14-23)21-25(34)20-31-15-17-35-18-16-31)29(36-26-11-7-4-8-12-26)33(30-28)24-9-5-3-6-10-24/h3-12,23,25,34H,2,13-22H2,1H3. The topological polar surface area (TPSA) is 63.0 Å². The van der Waals surface area contributed by atoms with Crippen LogP contribution >= 0.6 is 0 Å². The minimum Gasteiger partial charge on any atom is -0.439 e. The zero-order chi connectivity index (χ0) is 24.7. The van der Waals surface area contributed by atoms with Gasteiger partial charge in [0, 0.05) is 39.3 Å². The van der Waals surface area contributed by atoms with Crippen molar-refractivity contribution in [1.29, 1.82) is 0 Å². The van der Waals surface area contributed by atoms with E-state index in [0.29, 0.717) is 25.6 Å². The van der Waals surface area contributed by atoms with E-state index < -0.39 is 6.10 Å². The predicted molar refractivity (Wildman–Crippen MR) is 141 cm³/mol. The van der Waals surface area contributed by atoms with Gasteiger partial charge in [0.15, 0.2) is 0 Å². The average molecular weight is 491 g/mol. The van der Waals surface area contributed by atoms with Gasteiger partial charge < -0.3 is 14.6 Å². The highest BCUT2D eigenvalue weighted by molar-refractivity contribution is 5.43. The van der Waals surface area contributed by atoms with E-state index in [1.54, 1.807) is 0 Å². The second-order valence-corrected chi connectivity index (χ2v) is 9.95. The SMILES string of the molecule is CCc1nn(-c2ccccc2)c(Oc2ccccc2)c1CN(CC(O)CN1CCOCC1)CC1CC1. The van der Waals surface area contributed by atoms with E-state index in [-0.39, 0.29) is 0 Å². The summed E-state index contributed by atoms with van der Waals surface area (Å²) in [7, 11) is 0. The number of benzene rings is 2. The lowest BCUT2D eigenvalue weighted by Crippen LogP contribution is -2.44. The Bertz CT molecular complexity index is 1080. The Labute approximate surface area is 214 Å². The molecule has 1 saturated heterocycles. The summed E-state index contributed by atoms with van der Waals surface area (Å²) in [5.74, 6) is 2.26. The Morgan fingerprint density at radius 2 is 1.75 bits per heavy atom. The molecule has 0 spiro atoms. The number of aliphatic hydroxyl groups is 1. The quantitative estimate of drug-likeness (QED) is 0.412. The molecule has 1 atom stereocenters. The fourth-order valence-electron chi connectivity index (χ4n) is 4.90. The lowest BCUT2D eigenvalue weighted by molar-refractivity contribution is 0.00584. The van der Waals surface area contributed by atoms with Gasteiger partial charge in [-0.3, -0.25) is 9.80 Å². The zero-order valence-electron chi connectivity index (χ0n) is 21.3. The van der Waals surface area contributed by atoms with Gasteiger partial charge in [0.25, 0.3) is 0 Å². The summed E-state index contributed by atoms with van der Waals surface area (Å²) >= 11 is 0. The minimum absolute atomic E-state index is 0.408. The van der Waals surface area contributed by atoms with Gasteiger partial charge in [-0.2, -0.15) is 5.10 Å². The number of aromatic nitrogens is 2. The van der Waals surface area contributed by atoms with Crippen molar-refractivity contribution in [2.24, 2.45) is 5.92 Å². The number of para-hydroxylation sites is 2. The van der Waals surface area contributed by atoms with Gasteiger partial charge in [-0.1, -0.05) is 43.3 Å². The van der Waals surface area contributed by atoms with Crippen LogP contribution in [0.4, 0.5) is 0 Å². The van der Waals surface area contributed by atoms with Crippen molar-refractivity contribution in [3.63, 3.8) is 0 Å². The van der Waals surface area contributed by atoms with Gasteiger partial charge in [-0.25, -0.2) is 4.68 Å². The Kier molecular flexibility index (Phi) is 8.33. The smallest absolute Gasteiger partial charge is 0.227 e. The maximum atomic E-state index is 11.0. The van der Waals surface area contributed by atoms with E-state index >= 15 is 0 Å². The van der Waals surface area contributed by atoms with Crippen LogP contribution in [0.2, 0.25) is 0 Å².